The number of fused-ring (bicyclic) bond motifs is 4. The molecule has 5 heterocycles. The van der Waals surface area contributed by atoms with Crippen LogP contribution >= 0.6 is 0 Å². The SMILES string of the molecule is C#Cc1c(F)ccc2cccc(C3=C(F)C4=NC(OC[C@@]56CCCN5C[C@H](F)C6)=NN5CCCC(=C45)[C@@H]4CON=C34)c12. The summed E-state index contributed by atoms with van der Waals surface area (Å²) in [5.41, 5.74) is 2.34. The highest BCUT2D eigenvalue weighted by Crippen LogP contribution is 2.45. The van der Waals surface area contributed by atoms with E-state index >= 15 is 4.39 Å². The van der Waals surface area contributed by atoms with Crippen molar-refractivity contribution in [2.24, 2.45) is 21.2 Å². The van der Waals surface area contributed by atoms with Gasteiger partial charge in [-0.1, -0.05) is 35.3 Å². The molecule has 0 unspecified atom stereocenters. The van der Waals surface area contributed by atoms with Crippen molar-refractivity contribution in [2.75, 3.05) is 32.8 Å². The Labute approximate surface area is 241 Å². The Kier molecular flexibility index (Phi) is 5.77. The lowest BCUT2D eigenvalue weighted by Crippen LogP contribution is -2.43. The van der Waals surface area contributed by atoms with Crippen LogP contribution in [0.4, 0.5) is 13.2 Å². The predicted octanol–water partition coefficient (Wildman–Crippen LogP) is 5.33. The summed E-state index contributed by atoms with van der Waals surface area (Å²) in [6.45, 7) is 2.30. The van der Waals surface area contributed by atoms with Crippen LogP contribution in [0, 0.1) is 24.1 Å². The van der Waals surface area contributed by atoms with Gasteiger partial charge < -0.3 is 9.57 Å². The smallest absolute Gasteiger partial charge is 0.334 e. The Hall–Kier alpha value is -4.10. The number of alkyl halides is 1. The maximum Gasteiger partial charge on any atom is 0.334 e. The van der Waals surface area contributed by atoms with Gasteiger partial charge in [0.2, 0.25) is 0 Å². The van der Waals surface area contributed by atoms with Crippen LogP contribution in [0.1, 0.15) is 43.2 Å². The second-order valence-corrected chi connectivity index (χ2v) is 11.8. The van der Waals surface area contributed by atoms with Crippen LogP contribution in [-0.4, -0.2) is 71.9 Å². The van der Waals surface area contributed by atoms with Gasteiger partial charge in [0.15, 0.2) is 5.83 Å². The van der Waals surface area contributed by atoms with Crippen molar-refractivity contribution >= 4 is 33.8 Å². The average Bonchev–Trinajstić information content (AvgIpc) is 3.68. The average molecular weight is 572 g/mol. The van der Waals surface area contributed by atoms with Crippen molar-refractivity contribution < 1.29 is 22.7 Å². The number of nitrogens with zero attached hydrogens (tertiary/aromatic N) is 5. The van der Waals surface area contributed by atoms with Crippen LogP contribution in [0.2, 0.25) is 0 Å². The molecule has 0 amide bonds. The molecular weight excluding hydrogens is 543 g/mol. The summed E-state index contributed by atoms with van der Waals surface area (Å²) in [7, 11) is 0. The van der Waals surface area contributed by atoms with E-state index in [1.165, 1.54) is 6.07 Å². The molecule has 7 nitrogen and oxygen atoms in total. The van der Waals surface area contributed by atoms with Gasteiger partial charge in [-0.15, -0.1) is 11.5 Å². The summed E-state index contributed by atoms with van der Waals surface area (Å²) < 4.78 is 52.6. The Balaban J connectivity index is 1.28. The van der Waals surface area contributed by atoms with Gasteiger partial charge in [-0.25, -0.2) is 13.2 Å². The molecule has 214 valence electrons. The van der Waals surface area contributed by atoms with Gasteiger partial charge in [-0.05, 0) is 54.8 Å². The van der Waals surface area contributed by atoms with E-state index < -0.39 is 23.4 Å². The van der Waals surface area contributed by atoms with E-state index in [-0.39, 0.29) is 42.0 Å². The van der Waals surface area contributed by atoms with Crippen LogP contribution in [0.5, 0.6) is 0 Å². The number of terminal acetylenes is 1. The lowest BCUT2D eigenvalue weighted by atomic mass is 9.84. The molecule has 6 aliphatic rings. The van der Waals surface area contributed by atoms with E-state index in [0.717, 1.165) is 31.4 Å². The number of amidine groups is 1. The third-order valence-corrected chi connectivity index (χ3v) is 9.49. The highest BCUT2D eigenvalue weighted by Gasteiger charge is 2.50. The maximum absolute atomic E-state index is 17.2. The topological polar surface area (TPSA) is 62.0 Å². The zero-order chi connectivity index (χ0) is 28.6. The van der Waals surface area contributed by atoms with E-state index in [9.17, 15) is 8.78 Å². The second-order valence-electron chi connectivity index (χ2n) is 11.8. The molecule has 42 heavy (non-hydrogen) atoms. The van der Waals surface area contributed by atoms with E-state index in [4.69, 9.17) is 16.0 Å². The van der Waals surface area contributed by atoms with Crippen molar-refractivity contribution in [1.82, 2.24) is 9.91 Å². The molecule has 0 N–H and O–H groups in total. The Bertz CT molecular complexity index is 1740. The van der Waals surface area contributed by atoms with Gasteiger partial charge in [-0.3, -0.25) is 9.91 Å². The number of ether oxygens (including phenoxy) is 1. The number of aliphatic imine (C=N–C) groups is 1. The molecule has 0 aromatic heterocycles. The molecular formula is C32H28F3N5O2. The standard InChI is InChI=1S/C32H28F3N5O2/c1-2-20-24(34)10-9-18-6-3-7-22(25(18)20)26-27(35)29-30-21(23-16-42-38-28(23)26)8-4-13-40(30)37-31(36-29)41-17-32-11-5-12-39(32)15-19(33)14-32/h1,3,6-7,9-10,19,23H,4-5,8,11-17H2/t19-,23+,32+/m1/s1. The first-order valence-corrected chi connectivity index (χ1v) is 14.5. The fourth-order valence-electron chi connectivity index (χ4n) is 7.66. The molecule has 1 aliphatic carbocycles. The minimum absolute atomic E-state index is 0.0477. The van der Waals surface area contributed by atoms with Crippen LogP contribution in [0.25, 0.3) is 16.3 Å². The highest BCUT2D eigenvalue weighted by molar-refractivity contribution is 6.37. The van der Waals surface area contributed by atoms with Crippen molar-refractivity contribution in [3.05, 3.63) is 64.4 Å². The predicted molar refractivity (Wildman–Crippen MR) is 154 cm³/mol. The molecule has 8 rings (SSSR count). The van der Waals surface area contributed by atoms with Crippen LogP contribution in [0.15, 0.2) is 62.7 Å². The molecule has 0 spiro atoms. The van der Waals surface area contributed by atoms with Crippen molar-refractivity contribution in [3.63, 3.8) is 0 Å². The molecule has 3 atom stereocenters. The minimum atomic E-state index is -0.890. The summed E-state index contributed by atoms with van der Waals surface area (Å²) in [5, 5.41) is 11.9. The van der Waals surface area contributed by atoms with E-state index in [0.29, 0.717) is 53.7 Å². The molecule has 5 aliphatic heterocycles. The van der Waals surface area contributed by atoms with Crippen molar-refractivity contribution in [2.45, 2.75) is 43.8 Å². The van der Waals surface area contributed by atoms with Gasteiger partial charge in [0, 0.05) is 30.5 Å². The Morgan fingerprint density at radius 2 is 2.07 bits per heavy atom. The van der Waals surface area contributed by atoms with Crippen molar-refractivity contribution in [1.29, 1.82) is 0 Å². The van der Waals surface area contributed by atoms with Gasteiger partial charge in [0.25, 0.3) is 0 Å². The zero-order valence-electron chi connectivity index (χ0n) is 22.9. The van der Waals surface area contributed by atoms with Crippen LogP contribution in [-0.2, 0) is 9.57 Å². The number of hydrogen-bond donors (Lipinski definition) is 0. The summed E-state index contributed by atoms with van der Waals surface area (Å²) in [6, 6.07) is 8.34. The van der Waals surface area contributed by atoms with E-state index in [1.54, 1.807) is 23.2 Å². The first-order chi connectivity index (χ1) is 20.5. The minimum Gasteiger partial charge on any atom is -0.460 e. The number of hydrazone groups is 1. The zero-order valence-corrected chi connectivity index (χ0v) is 22.9. The van der Waals surface area contributed by atoms with Gasteiger partial charge in [0.1, 0.15) is 36.6 Å². The highest BCUT2D eigenvalue weighted by atomic mass is 19.1. The number of oxime groups is 1. The van der Waals surface area contributed by atoms with Crippen LogP contribution in [0.3, 0.4) is 0 Å². The number of halogens is 3. The summed E-state index contributed by atoms with van der Waals surface area (Å²) >= 11 is 0. The fourth-order valence-corrected chi connectivity index (χ4v) is 7.66. The third kappa shape index (κ3) is 3.69. The first-order valence-electron chi connectivity index (χ1n) is 14.5. The molecule has 0 bridgehead atoms. The lowest BCUT2D eigenvalue weighted by Gasteiger charge is -2.34. The third-order valence-electron chi connectivity index (χ3n) is 9.49. The molecule has 2 aromatic carbocycles. The molecule has 2 saturated heterocycles. The maximum atomic E-state index is 17.2. The Morgan fingerprint density at radius 3 is 2.95 bits per heavy atom. The number of rotatable bonds is 3. The van der Waals surface area contributed by atoms with Gasteiger partial charge >= 0.3 is 6.02 Å². The monoisotopic (exact) mass is 571 g/mol. The Morgan fingerprint density at radius 1 is 1.17 bits per heavy atom. The molecule has 2 fully saturated rings. The summed E-state index contributed by atoms with van der Waals surface area (Å²) in [6.07, 6.45) is 8.60. The molecule has 0 saturated carbocycles. The largest absolute Gasteiger partial charge is 0.460 e. The number of hydrogen-bond acceptors (Lipinski definition) is 7. The first kappa shape index (κ1) is 25.6. The van der Waals surface area contributed by atoms with Crippen molar-refractivity contribution in [3.8, 4) is 12.3 Å². The van der Waals surface area contributed by atoms with Gasteiger partial charge in [-0.2, -0.15) is 4.99 Å². The van der Waals surface area contributed by atoms with E-state index in [1.807, 2.05) is 6.07 Å². The summed E-state index contributed by atoms with van der Waals surface area (Å²) in [5.74, 6) is 0.960. The summed E-state index contributed by atoms with van der Waals surface area (Å²) in [4.78, 5) is 12.4. The van der Waals surface area contributed by atoms with Gasteiger partial charge in [0.05, 0.1) is 22.7 Å². The van der Waals surface area contributed by atoms with E-state index in [2.05, 4.69) is 26.1 Å². The molecule has 2 aromatic rings. The molecule has 0 radical (unpaired) electrons. The van der Waals surface area contributed by atoms with Crippen LogP contribution < -0.4 is 0 Å². The fraction of sp³-hybridized carbons (Fsp3) is 0.406. The second kappa shape index (κ2) is 9.46. The normalized spacial score (nSPS) is 28.4. The number of allylic oxidation sites excluding steroid dienone is 2. The quantitative estimate of drug-likeness (QED) is 0.468. The lowest BCUT2D eigenvalue weighted by molar-refractivity contribution is 0.103. The number of benzene rings is 2. The molecule has 10 heteroatoms.